The second-order valence-corrected chi connectivity index (χ2v) is 6.18. The molecule has 3 aromatic heterocycles. The number of thiophene rings is 1. The molecule has 0 N–H and O–H groups in total. The van der Waals surface area contributed by atoms with Gasteiger partial charge in [0.15, 0.2) is 0 Å². The Bertz CT molecular complexity index is 1120. The van der Waals surface area contributed by atoms with Gasteiger partial charge in [-0.15, -0.1) is 0 Å². The van der Waals surface area contributed by atoms with Gasteiger partial charge >= 0.3 is 0 Å². The fraction of sp³-hybridized carbons (Fsp3) is 0. The molecule has 2 aromatic carbocycles. The van der Waals surface area contributed by atoms with E-state index in [-0.39, 0.29) is 0 Å². The summed E-state index contributed by atoms with van der Waals surface area (Å²) in [7, 11) is 0. The smallest absolute Gasteiger partial charge is 0.0817 e. The normalized spacial score (nSPS) is 11.6. The molecule has 0 atom stereocenters. The molecular formula is C19H12N2S. The topological polar surface area (TPSA) is 17.3 Å². The van der Waals surface area contributed by atoms with E-state index < -0.39 is 0 Å². The number of rotatable bonds is 1. The Morgan fingerprint density at radius 2 is 1.68 bits per heavy atom. The van der Waals surface area contributed by atoms with Crippen molar-refractivity contribution in [3.8, 4) is 11.1 Å². The van der Waals surface area contributed by atoms with Crippen molar-refractivity contribution in [2.45, 2.75) is 0 Å². The van der Waals surface area contributed by atoms with E-state index in [1.807, 2.05) is 6.20 Å². The number of nitrogens with zero attached hydrogens (tertiary/aromatic N) is 2. The summed E-state index contributed by atoms with van der Waals surface area (Å²) in [6.07, 6.45) is 1.95. The summed E-state index contributed by atoms with van der Waals surface area (Å²) in [5.41, 5.74) is 4.89. The molecule has 0 aliphatic carbocycles. The zero-order chi connectivity index (χ0) is 14.5. The second-order valence-electron chi connectivity index (χ2n) is 5.40. The SMILES string of the molecule is c1ccc2c(c1)cnn1c3ccccc3c(-c3ccsc3)c21. The largest absolute Gasteiger partial charge is 0.232 e. The van der Waals surface area contributed by atoms with Crippen LogP contribution in [0.2, 0.25) is 0 Å². The van der Waals surface area contributed by atoms with Crippen LogP contribution >= 0.6 is 11.3 Å². The monoisotopic (exact) mass is 300 g/mol. The molecule has 3 heterocycles. The van der Waals surface area contributed by atoms with E-state index in [1.165, 1.54) is 32.8 Å². The summed E-state index contributed by atoms with van der Waals surface area (Å²) in [5.74, 6) is 0. The van der Waals surface area contributed by atoms with Gasteiger partial charge in [-0.1, -0.05) is 42.5 Å². The molecule has 0 spiro atoms. The van der Waals surface area contributed by atoms with Crippen molar-refractivity contribution in [3.05, 3.63) is 71.6 Å². The molecule has 0 saturated heterocycles. The first-order chi connectivity index (χ1) is 10.9. The summed E-state index contributed by atoms with van der Waals surface area (Å²) in [5, 5.41) is 12.7. The maximum atomic E-state index is 4.69. The fourth-order valence-corrected chi connectivity index (χ4v) is 3.88. The first-order valence-corrected chi connectivity index (χ1v) is 8.17. The molecular weight excluding hydrogens is 288 g/mol. The van der Waals surface area contributed by atoms with Crippen LogP contribution in [0, 0.1) is 0 Å². The molecule has 3 heteroatoms. The van der Waals surface area contributed by atoms with Crippen LogP contribution in [0.4, 0.5) is 0 Å². The highest BCUT2D eigenvalue weighted by Crippen LogP contribution is 2.38. The summed E-state index contributed by atoms with van der Waals surface area (Å²) in [6, 6.07) is 19.1. The molecule has 5 rings (SSSR count). The molecule has 0 amide bonds. The Labute approximate surface area is 131 Å². The van der Waals surface area contributed by atoms with Crippen molar-refractivity contribution in [2.75, 3.05) is 0 Å². The first kappa shape index (κ1) is 12.0. The summed E-state index contributed by atoms with van der Waals surface area (Å²) in [4.78, 5) is 0. The molecule has 0 radical (unpaired) electrons. The van der Waals surface area contributed by atoms with Gasteiger partial charge in [0, 0.05) is 21.7 Å². The number of fused-ring (bicyclic) bond motifs is 5. The van der Waals surface area contributed by atoms with Crippen molar-refractivity contribution in [1.29, 1.82) is 0 Å². The zero-order valence-corrected chi connectivity index (χ0v) is 12.5. The average molecular weight is 300 g/mol. The van der Waals surface area contributed by atoms with Crippen molar-refractivity contribution < 1.29 is 0 Å². The molecule has 22 heavy (non-hydrogen) atoms. The molecule has 104 valence electrons. The van der Waals surface area contributed by atoms with Gasteiger partial charge in [0.25, 0.3) is 0 Å². The van der Waals surface area contributed by atoms with Crippen LogP contribution in [0.5, 0.6) is 0 Å². The summed E-state index contributed by atoms with van der Waals surface area (Å²) >= 11 is 1.73. The third kappa shape index (κ3) is 1.51. The summed E-state index contributed by atoms with van der Waals surface area (Å²) < 4.78 is 2.07. The van der Waals surface area contributed by atoms with Crippen molar-refractivity contribution >= 4 is 38.5 Å². The van der Waals surface area contributed by atoms with E-state index in [0.29, 0.717) is 0 Å². The van der Waals surface area contributed by atoms with E-state index >= 15 is 0 Å². The predicted octanol–water partition coefficient (Wildman–Crippen LogP) is 5.37. The van der Waals surface area contributed by atoms with Gasteiger partial charge in [-0.2, -0.15) is 16.4 Å². The highest BCUT2D eigenvalue weighted by Gasteiger charge is 2.16. The Kier molecular flexibility index (Phi) is 2.40. The maximum Gasteiger partial charge on any atom is 0.0817 e. The van der Waals surface area contributed by atoms with Crippen LogP contribution in [-0.2, 0) is 0 Å². The van der Waals surface area contributed by atoms with Crippen LogP contribution in [0.1, 0.15) is 0 Å². The molecule has 0 aliphatic rings. The van der Waals surface area contributed by atoms with E-state index in [4.69, 9.17) is 0 Å². The number of hydrogen-bond acceptors (Lipinski definition) is 2. The Hall–Kier alpha value is -2.65. The highest BCUT2D eigenvalue weighted by molar-refractivity contribution is 7.08. The molecule has 0 fully saturated rings. The Morgan fingerprint density at radius 3 is 2.55 bits per heavy atom. The van der Waals surface area contributed by atoms with Crippen LogP contribution in [0.25, 0.3) is 38.3 Å². The van der Waals surface area contributed by atoms with Crippen LogP contribution in [0.15, 0.2) is 71.6 Å². The Morgan fingerprint density at radius 1 is 0.864 bits per heavy atom. The fourth-order valence-electron chi connectivity index (χ4n) is 3.24. The lowest BCUT2D eigenvalue weighted by molar-refractivity contribution is 0.988. The number of aromatic nitrogens is 2. The third-order valence-corrected chi connectivity index (χ3v) is 4.87. The van der Waals surface area contributed by atoms with Gasteiger partial charge in [0.2, 0.25) is 0 Å². The van der Waals surface area contributed by atoms with Crippen LogP contribution in [0.3, 0.4) is 0 Å². The Balaban J connectivity index is 2.13. The van der Waals surface area contributed by atoms with E-state index in [0.717, 1.165) is 5.52 Å². The number of benzene rings is 2. The second kappa shape index (κ2) is 4.42. The quantitative estimate of drug-likeness (QED) is 0.407. The molecule has 0 saturated carbocycles. The summed E-state index contributed by atoms with van der Waals surface area (Å²) in [6.45, 7) is 0. The number of para-hydroxylation sites is 1. The van der Waals surface area contributed by atoms with Crippen molar-refractivity contribution in [2.24, 2.45) is 0 Å². The molecule has 0 bridgehead atoms. The molecule has 5 aromatic rings. The van der Waals surface area contributed by atoms with Crippen molar-refractivity contribution in [3.63, 3.8) is 0 Å². The minimum absolute atomic E-state index is 1.16. The van der Waals surface area contributed by atoms with E-state index in [1.54, 1.807) is 11.3 Å². The predicted molar refractivity (Wildman–Crippen MR) is 93.5 cm³/mol. The lowest BCUT2D eigenvalue weighted by Crippen LogP contribution is -1.91. The number of hydrogen-bond donors (Lipinski definition) is 0. The average Bonchev–Trinajstić information content (AvgIpc) is 3.20. The van der Waals surface area contributed by atoms with Gasteiger partial charge in [-0.05, 0) is 28.5 Å². The lowest BCUT2D eigenvalue weighted by atomic mass is 10.0. The van der Waals surface area contributed by atoms with Gasteiger partial charge in [0.05, 0.1) is 17.2 Å². The lowest BCUT2D eigenvalue weighted by Gasteiger charge is -2.03. The van der Waals surface area contributed by atoms with Gasteiger partial charge in [0.1, 0.15) is 0 Å². The highest BCUT2D eigenvalue weighted by atomic mass is 32.1. The van der Waals surface area contributed by atoms with Crippen LogP contribution in [-0.4, -0.2) is 9.61 Å². The first-order valence-electron chi connectivity index (χ1n) is 7.23. The van der Waals surface area contributed by atoms with Gasteiger partial charge < -0.3 is 0 Å². The van der Waals surface area contributed by atoms with E-state index in [2.05, 4.69) is 75.0 Å². The molecule has 0 unspecified atom stereocenters. The maximum absolute atomic E-state index is 4.69. The molecule has 0 aliphatic heterocycles. The minimum atomic E-state index is 1.16. The van der Waals surface area contributed by atoms with E-state index in [9.17, 15) is 0 Å². The molecule has 2 nitrogen and oxygen atoms in total. The van der Waals surface area contributed by atoms with Gasteiger partial charge in [-0.25, -0.2) is 4.52 Å². The minimum Gasteiger partial charge on any atom is -0.232 e. The van der Waals surface area contributed by atoms with Crippen LogP contribution < -0.4 is 0 Å². The standard InChI is InChI=1S/C19H12N2S/c1-2-6-15-13(5-1)11-20-21-17-8-4-3-7-16(17)18(19(15)21)14-9-10-22-12-14/h1-12H. The zero-order valence-electron chi connectivity index (χ0n) is 11.7. The van der Waals surface area contributed by atoms with Crippen molar-refractivity contribution in [1.82, 2.24) is 9.61 Å². The van der Waals surface area contributed by atoms with Gasteiger partial charge in [-0.3, -0.25) is 0 Å². The third-order valence-electron chi connectivity index (χ3n) is 4.19.